The highest BCUT2D eigenvalue weighted by molar-refractivity contribution is 14.0. The summed E-state index contributed by atoms with van der Waals surface area (Å²) in [6.45, 7) is 8.91. The van der Waals surface area contributed by atoms with E-state index in [1.54, 1.807) is 12.1 Å². The van der Waals surface area contributed by atoms with Crippen LogP contribution in [0.25, 0.3) is 0 Å². The number of guanidine groups is 1. The van der Waals surface area contributed by atoms with E-state index in [-0.39, 0.29) is 35.2 Å². The predicted molar refractivity (Wildman–Crippen MR) is 101 cm³/mol. The Labute approximate surface area is 150 Å². The molecule has 1 fully saturated rings. The number of piperidine rings is 1. The van der Waals surface area contributed by atoms with E-state index in [0.29, 0.717) is 18.4 Å². The lowest BCUT2D eigenvalue weighted by Crippen LogP contribution is -2.44. The van der Waals surface area contributed by atoms with Crippen LogP contribution in [0.1, 0.15) is 39.2 Å². The fraction of sp³-hybridized carbons (Fsp3) is 0.588. The van der Waals surface area contributed by atoms with Crippen LogP contribution in [0.5, 0.6) is 0 Å². The standard InChI is InChI=1S/C17H26FN3.HI/c1-13-6-5-9-21(11-13)16(19)20-12-17(2,3)14-7-4-8-15(18)10-14;/h4,7-8,10,13H,5-6,9,11-12H2,1-3H3,(H2,19,20);1H. The molecule has 0 aromatic heterocycles. The molecule has 1 aromatic rings. The van der Waals surface area contributed by atoms with Crippen molar-refractivity contribution in [1.29, 1.82) is 0 Å². The van der Waals surface area contributed by atoms with Gasteiger partial charge in [-0.1, -0.05) is 32.9 Å². The van der Waals surface area contributed by atoms with Gasteiger partial charge in [0.05, 0.1) is 6.54 Å². The zero-order chi connectivity index (χ0) is 15.5. The summed E-state index contributed by atoms with van der Waals surface area (Å²) in [6, 6.07) is 6.73. The molecule has 0 spiro atoms. The van der Waals surface area contributed by atoms with E-state index in [1.807, 2.05) is 6.07 Å². The fourth-order valence-corrected chi connectivity index (χ4v) is 2.78. The number of hydrogen-bond acceptors (Lipinski definition) is 1. The van der Waals surface area contributed by atoms with E-state index in [4.69, 9.17) is 5.73 Å². The second-order valence-corrected chi connectivity index (χ2v) is 6.76. The third kappa shape index (κ3) is 5.11. The van der Waals surface area contributed by atoms with E-state index in [9.17, 15) is 4.39 Å². The van der Waals surface area contributed by atoms with Crippen LogP contribution in [0.3, 0.4) is 0 Å². The normalized spacial score (nSPS) is 19.7. The zero-order valence-electron chi connectivity index (χ0n) is 13.7. The lowest BCUT2D eigenvalue weighted by atomic mass is 9.85. The molecule has 2 N–H and O–H groups in total. The van der Waals surface area contributed by atoms with Crippen molar-refractivity contribution in [2.24, 2.45) is 16.6 Å². The SMILES string of the molecule is CC1CCCN(C(N)=NCC(C)(C)c2cccc(F)c2)C1.I. The van der Waals surface area contributed by atoms with Gasteiger partial charge in [0.15, 0.2) is 5.96 Å². The Morgan fingerprint density at radius 3 is 2.82 bits per heavy atom. The molecular weight excluding hydrogens is 392 g/mol. The van der Waals surface area contributed by atoms with E-state index < -0.39 is 0 Å². The quantitative estimate of drug-likeness (QED) is 0.461. The summed E-state index contributed by atoms with van der Waals surface area (Å²) < 4.78 is 13.4. The van der Waals surface area contributed by atoms with Crippen LogP contribution in [-0.4, -0.2) is 30.5 Å². The van der Waals surface area contributed by atoms with Crippen molar-refractivity contribution >= 4 is 29.9 Å². The molecule has 1 aliphatic rings. The van der Waals surface area contributed by atoms with Gasteiger partial charge < -0.3 is 10.6 Å². The number of halogens is 2. The van der Waals surface area contributed by atoms with Crippen LogP contribution in [0.4, 0.5) is 4.39 Å². The van der Waals surface area contributed by atoms with E-state index >= 15 is 0 Å². The Morgan fingerprint density at radius 1 is 1.45 bits per heavy atom. The topological polar surface area (TPSA) is 41.6 Å². The molecule has 3 nitrogen and oxygen atoms in total. The Hall–Kier alpha value is -0.850. The van der Waals surface area contributed by atoms with E-state index in [1.165, 1.54) is 18.9 Å². The van der Waals surface area contributed by atoms with Crippen LogP contribution in [-0.2, 0) is 5.41 Å². The summed E-state index contributed by atoms with van der Waals surface area (Å²) in [5, 5.41) is 0. The fourth-order valence-electron chi connectivity index (χ4n) is 2.78. The zero-order valence-corrected chi connectivity index (χ0v) is 16.0. The summed E-state index contributed by atoms with van der Waals surface area (Å²) in [5.41, 5.74) is 6.85. The average molecular weight is 419 g/mol. The molecule has 1 unspecified atom stereocenters. The molecule has 2 rings (SSSR count). The third-order valence-corrected chi connectivity index (χ3v) is 4.22. The summed E-state index contributed by atoms with van der Waals surface area (Å²) in [5.74, 6) is 1.08. The van der Waals surface area contributed by atoms with Gasteiger partial charge in [-0.15, -0.1) is 24.0 Å². The molecule has 1 heterocycles. The predicted octanol–water partition coefficient (Wildman–Crippen LogP) is 3.77. The molecule has 1 saturated heterocycles. The minimum atomic E-state index is -0.228. The van der Waals surface area contributed by atoms with Gasteiger partial charge in [-0.05, 0) is 36.5 Å². The van der Waals surface area contributed by atoms with Crippen LogP contribution >= 0.6 is 24.0 Å². The van der Waals surface area contributed by atoms with Gasteiger partial charge in [-0.3, -0.25) is 4.99 Å². The number of nitrogens with two attached hydrogens (primary N) is 1. The molecule has 1 aliphatic heterocycles. The Morgan fingerprint density at radius 2 is 2.18 bits per heavy atom. The third-order valence-electron chi connectivity index (χ3n) is 4.22. The lowest BCUT2D eigenvalue weighted by Gasteiger charge is -2.32. The van der Waals surface area contributed by atoms with Crippen LogP contribution in [0.2, 0.25) is 0 Å². The van der Waals surface area contributed by atoms with Crippen LogP contribution in [0.15, 0.2) is 29.3 Å². The number of hydrogen-bond donors (Lipinski definition) is 1. The van der Waals surface area contributed by atoms with Gasteiger partial charge in [0, 0.05) is 18.5 Å². The Balaban J connectivity index is 0.00000242. The van der Waals surface area contributed by atoms with Crippen LogP contribution in [0, 0.1) is 11.7 Å². The maximum atomic E-state index is 13.4. The van der Waals surface area contributed by atoms with Gasteiger partial charge in [-0.25, -0.2) is 4.39 Å². The highest BCUT2D eigenvalue weighted by Gasteiger charge is 2.22. The molecule has 0 bridgehead atoms. The summed E-state index contributed by atoms with van der Waals surface area (Å²) in [6.07, 6.45) is 2.43. The molecule has 0 aliphatic carbocycles. The summed E-state index contributed by atoms with van der Waals surface area (Å²) >= 11 is 0. The van der Waals surface area contributed by atoms with Crippen molar-refractivity contribution in [2.75, 3.05) is 19.6 Å². The second kappa shape index (κ2) is 8.13. The van der Waals surface area contributed by atoms with Crippen molar-refractivity contribution < 1.29 is 4.39 Å². The van der Waals surface area contributed by atoms with Gasteiger partial charge in [0.1, 0.15) is 5.82 Å². The largest absolute Gasteiger partial charge is 0.370 e. The second-order valence-electron chi connectivity index (χ2n) is 6.76. The maximum absolute atomic E-state index is 13.4. The number of rotatable bonds is 3. The first-order chi connectivity index (χ1) is 9.88. The van der Waals surface area contributed by atoms with E-state index in [0.717, 1.165) is 18.7 Å². The van der Waals surface area contributed by atoms with Crippen molar-refractivity contribution in [3.05, 3.63) is 35.6 Å². The molecular formula is C17H27FIN3. The van der Waals surface area contributed by atoms with E-state index in [2.05, 4.69) is 30.7 Å². The van der Waals surface area contributed by atoms with Gasteiger partial charge in [0.2, 0.25) is 0 Å². The summed E-state index contributed by atoms with van der Waals surface area (Å²) in [4.78, 5) is 6.72. The smallest absolute Gasteiger partial charge is 0.191 e. The molecule has 1 aromatic carbocycles. The molecule has 5 heteroatoms. The van der Waals surface area contributed by atoms with Crippen LogP contribution < -0.4 is 5.73 Å². The average Bonchev–Trinajstić information content (AvgIpc) is 2.45. The number of aliphatic imine (C=N–C) groups is 1. The molecule has 22 heavy (non-hydrogen) atoms. The summed E-state index contributed by atoms with van der Waals surface area (Å²) in [7, 11) is 0. The van der Waals surface area contributed by atoms with Gasteiger partial charge >= 0.3 is 0 Å². The monoisotopic (exact) mass is 419 g/mol. The minimum Gasteiger partial charge on any atom is -0.370 e. The highest BCUT2D eigenvalue weighted by Crippen LogP contribution is 2.24. The number of nitrogens with zero attached hydrogens (tertiary/aromatic N) is 2. The molecule has 1 atom stereocenters. The first kappa shape index (κ1) is 19.2. The van der Waals surface area contributed by atoms with Crippen molar-refractivity contribution in [3.8, 4) is 0 Å². The molecule has 0 amide bonds. The first-order valence-electron chi connectivity index (χ1n) is 7.69. The number of likely N-dealkylation sites (tertiary alicyclic amines) is 1. The molecule has 124 valence electrons. The Kier molecular flexibility index (Phi) is 7.09. The van der Waals surface area contributed by atoms with Crippen molar-refractivity contribution in [2.45, 2.75) is 39.0 Å². The lowest BCUT2D eigenvalue weighted by molar-refractivity contribution is 0.270. The van der Waals surface area contributed by atoms with Crippen molar-refractivity contribution in [3.63, 3.8) is 0 Å². The Bertz CT molecular complexity index is 516. The maximum Gasteiger partial charge on any atom is 0.191 e. The van der Waals surface area contributed by atoms with Gasteiger partial charge in [-0.2, -0.15) is 0 Å². The molecule has 0 radical (unpaired) electrons. The first-order valence-corrected chi connectivity index (χ1v) is 7.69. The molecule has 0 saturated carbocycles. The highest BCUT2D eigenvalue weighted by atomic mass is 127. The van der Waals surface area contributed by atoms with Gasteiger partial charge in [0.25, 0.3) is 0 Å². The minimum absolute atomic E-state index is 0. The van der Waals surface area contributed by atoms with Crippen molar-refractivity contribution in [1.82, 2.24) is 4.90 Å². The number of benzene rings is 1.